The lowest BCUT2D eigenvalue weighted by Gasteiger charge is -2.26. The molecule has 1 aliphatic carbocycles. The molecular weight excluding hydrogens is 276 g/mol. The smallest absolute Gasteiger partial charge is 0.224 e. The average molecular weight is 294 g/mol. The summed E-state index contributed by atoms with van der Waals surface area (Å²) in [6.07, 6.45) is 2.43. The Kier molecular flexibility index (Phi) is 4.00. The summed E-state index contributed by atoms with van der Waals surface area (Å²) in [4.78, 5) is 27.8. The van der Waals surface area contributed by atoms with Crippen LogP contribution in [-0.4, -0.2) is 16.7 Å². The molecule has 4 nitrogen and oxygen atoms in total. The van der Waals surface area contributed by atoms with E-state index < -0.39 is 0 Å². The van der Waals surface area contributed by atoms with Gasteiger partial charge < -0.3 is 5.32 Å². The van der Waals surface area contributed by atoms with Crippen LogP contribution in [0.25, 0.3) is 0 Å². The van der Waals surface area contributed by atoms with Crippen LogP contribution in [0.4, 0.5) is 0 Å². The predicted octanol–water partition coefficient (Wildman–Crippen LogP) is 2.57. The van der Waals surface area contributed by atoms with E-state index in [1.54, 1.807) is 6.20 Å². The van der Waals surface area contributed by atoms with Gasteiger partial charge in [0.15, 0.2) is 0 Å². The zero-order chi connectivity index (χ0) is 15.5. The van der Waals surface area contributed by atoms with Crippen LogP contribution >= 0.6 is 0 Å². The van der Waals surface area contributed by atoms with Crippen molar-refractivity contribution in [2.75, 3.05) is 0 Å². The topological polar surface area (TPSA) is 59.1 Å². The van der Waals surface area contributed by atoms with Crippen molar-refractivity contribution < 1.29 is 9.59 Å². The van der Waals surface area contributed by atoms with E-state index >= 15 is 0 Å². The number of hydrogen-bond acceptors (Lipinski definition) is 3. The summed E-state index contributed by atoms with van der Waals surface area (Å²) in [5, 5.41) is 3.04. The first-order valence-electron chi connectivity index (χ1n) is 7.43. The molecule has 3 rings (SSSR count). The van der Waals surface area contributed by atoms with Crippen LogP contribution in [0.1, 0.15) is 35.7 Å². The van der Waals surface area contributed by atoms with Crippen LogP contribution < -0.4 is 5.32 Å². The molecule has 0 bridgehead atoms. The summed E-state index contributed by atoms with van der Waals surface area (Å²) >= 11 is 0. The number of benzene rings is 1. The minimum absolute atomic E-state index is 0.0733. The van der Waals surface area contributed by atoms with Crippen LogP contribution in [0.5, 0.6) is 0 Å². The number of nitrogens with zero attached hydrogens (tertiary/aromatic N) is 1. The minimum atomic E-state index is -0.287. The summed E-state index contributed by atoms with van der Waals surface area (Å²) < 4.78 is 0. The van der Waals surface area contributed by atoms with Gasteiger partial charge in [0.1, 0.15) is 5.78 Å². The van der Waals surface area contributed by atoms with Gasteiger partial charge in [-0.15, -0.1) is 0 Å². The van der Waals surface area contributed by atoms with Crippen molar-refractivity contribution >= 4 is 11.7 Å². The predicted molar refractivity (Wildman–Crippen MR) is 83.1 cm³/mol. The standard InChI is InChI=1S/C18H18N2O2/c1-12-5-7-13(8-6-12)17(16-4-2-3-9-19-16)20-18(22)14-10-15(21)11-14/h2-9,14,17H,10-11H2,1H3,(H,20,22)/t17-/m0/s1. The molecule has 1 atom stereocenters. The molecule has 1 aromatic heterocycles. The van der Waals surface area contributed by atoms with E-state index in [9.17, 15) is 9.59 Å². The minimum Gasteiger partial charge on any atom is -0.343 e. The van der Waals surface area contributed by atoms with Crippen molar-refractivity contribution in [3.8, 4) is 0 Å². The van der Waals surface area contributed by atoms with Crippen molar-refractivity contribution in [2.45, 2.75) is 25.8 Å². The Labute approximate surface area is 129 Å². The van der Waals surface area contributed by atoms with E-state index in [1.165, 1.54) is 5.56 Å². The highest BCUT2D eigenvalue weighted by Crippen LogP contribution is 2.26. The van der Waals surface area contributed by atoms with Gasteiger partial charge in [-0.05, 0) is 24.6 Å². The van der Waals surface area contributed by atoms with Gasteiger partial charge in [0, 0.05) is 19.0 Å². The zero-order valence-electron chi connectivity index (χ0n) is 12.5. The number of carbonyl (C=O) groups excluding carboxylic acids is 2. The Morgan fingerprint density at radius 1 is 1.18 bits per heavy atom. The zero-order valence-corrected chi connectivity index (χ0v) is 12.5. The van der Waals surface area contributed by atoms with E-state index in [-0.39, 0.29) is 23.7 Å². The third kappa shape index (κ3) is 3.06. The van der Waals surface area contributed by atoms with Gasteiger partial charge in [0.25, 0.3) is 0 Å². The second kappa shape index (κ2) is 6.10. The maximum Gasteiger partial charge on any atom is 0.224 e. The number of Topliss-reactive ketones (excluding diaryl/α,β-unsaturated/α-hetero) is 1. The molecule has 1 amide bonds. The quantitative estimate of drug-likeness (QED) is 0.943. The van der Waals surface area contributed by atoms with Crippen molar-refractivity contribution in [2.24, 2.45) is 5.92 Å². The number of nitrogens with one attached hydrogen (secondary N) is 1. The number of amides is 1. The molecule has 4 heteroatoms. The molecule has 1 heterocycles. The van der Waals surface area contributed by atoms with Crippen LogP contribution in [0.3, 0.4) is 0 Å². The lowest BCUT2D eigenvalue weighted by atomic mass is 9.83. The Hall–Kier alpha value is -2.49. The van der Waals surface area contributed by atoms with Gasteiger partial charge in [0.2, 0.25) is 5.91 Å². The average Bonchev–Trinajstić information content (AvgIpc) is 2.51. The highest BCUT2D eigenvalue weighted by Gasteiger charge is 2.34. The molecule has 0 aliphatic heterocycles. The van der Waals surface area contributed by atoms with Gasteiger partial charge in [-0.3, -0.25) is 14.6 Å². The molecule has 22 heavy (non-hydrogen) atoms. The molecule has 1 aliphatic rings. The van der Waals surface area contributed by atoms with E-state index in [0.29, 0.717) is 12.8 Å². The number of hydrogen-bond donors (Lipinski definition) is 1. The Morgan fingerprint density at radius 2 is 1.91 bits per heavy atom. The number of pyridine rings is 1. The normalized spacial score (nSPS) is 16.0. The third-order valence-corrected chi connectivity index (χ3v) is 4.00. The molecule has 1 aromatic carbocycles. The van der Waals surface area contributed by atoms with Crippen LogP contribution in [-0.2, 0) is 9.59 Å². The molecule has 0 radical (unpaired) electrons. The fraction of sp³-hybridized carbons (Fsp3) is 0.278. The maximum absolute atomic E-state index is 12.3. The molecule has 0 spiro atoms. The van der Waals surface area contributed by atoms with E-state index in [1.807, 2.05) is 49.4 Å². The van der Waals surface area contributed by atoms with Gasteiger partial charge in [-0.2, -0.15) is 0 Å². The highest BCUT2D eigenvalue weighted by molar-refractivity contribution is 5.96. The summed E-state index contributed by atoms with van der Waals surface area (Å²) in [5.41, 5.74) is 2.95. The van der Waals surface area contributed by atoms with E-state index in [2.05, 4.69) is 10.3 Å². The van der Waals surface area contributed by atoms with Crippen LogP contribution in [0.2, 0.25) is 0 Å². The first kappa shape index (κ1) is 14.4. The summed E-state index contributed by atoms with van der Waals surface area (Å²) in [6, 6.07) is 13.4. The number of rotatable bonds is 4. The third-order valence-electron chi connectivity index (χ3n) is 4.00. The molecule has 112 valence electrons. The fourth-order valence-electron chi connectivity index (χ4n) is 2.57. The SMILES string of the molecule is Cc1ccc([C@H](NC(=O)C2CC(=O)C2)c2ccccn2)cc1. The van der Waals surface area contributed by atoms with Crippen molar-refractivity contribution in [3.05, 3.63) is 65.5 Å². The maximum atomic E-state index is 12.3. The second-order valence-electron chi connectivity index (χ2n) is 5.75. The molecule has 0 saturated heterocycles. The largest absolute Gasteiger partial charge is 0.343 e. The first-order valence-corrected chi connectivity index (χ1v) is 7.43. The Bertz CT molecular complexity index is 672. The summed E-state index contributed by atoms with van der Waals surface area (Å²) in [6.45, 7) is 2.03. The number of carbonyl (C=O) groups is 2. The number of aromatic nitrogens is 1. The van der Waals surface area contributed by atoms with Crippen molar-refractivity contribution in [3.63, 3.8) is 0 Å². The molecule has 1 fully saturated rings. The monoisotopic (exact) mass is 294 g/mol. The van der Waals surface area contributed by atoms with Crippen LogP contribution in [0, 0.1) is 12.8 Å². The van der Waals surface area contributed by atoms with Gasteiger partial charge in [-0.1, -0.05) is 35.9 Å². The number of aryl methyl sites for hydroxylation is 1. The molecule has 1 N–H and O–H groups in total. The lowest BCUT2D eigenvalue weighted by Crippen LogP contribution is -2.41. The molecular formula is C18H18N2O2. The fourth-order valence-corrected chi connectivity index (χ4v) is 2.57. The van der Waals surface area contributed by atoms with Gasteiger partial charge >= 0.3 is 0 Å². The lowest BCUT2D eigenvalue weighted by molar-refractivity contribution is -0.138. The molecule has 0 unspecified atom stereocenters. The van der Waals surface area contributed by atoms with Crippen molar-refractivity contribution in [1.82, 2.24) is 10.3 Å². The van der Waals surface area contributed by atoms with Gasteiger partial charge in [0.05, 0.1) is 17.7 Å². The summed E-state index contributed by atoms with van der Waals surface area (Å²) in [5.74, 6) is -0.107. The van der Waals surface area contributed by atoms with Gasteiger partial charge in [-0.25, -0.2) is 0 Å². The molecule has 1 saturated carbocycles. The highest BCUT2D eigenvalue weighted by atomic mass is 16.2. The molecule has 2 aromatic rings. The Balaban J connectivity index is 1.84. The number of ketones is 1. The van der Waals surface area contributed by atoms with E-state index in [0.717, 1.165) is 11.3 Å². The summed E-state index contributed by atoms with van der Waals surface area (Å²) in [7, 11) is 0. The van der Waals surface area contributed by atoms with Crippen LogP contribution in [0.15, 0.2) is 48.7 Å². The first-order chi connectivity index (χ1) is 10.6. The van der Waals surface area contributed by atoms with E-state index in [4.69, 9.17) is 0 Å². The second-order valence-corrected chi connectivity index (χ2v) is 5.75. The Morgan fingerprint density at radius 3 is 2.50 bits per heavy atom. The van der Waals surface area contributed by atoms with Crippen molar-refractivity contribution in [1.29, 1.82) is 0 Å².